The van der Waals surface area contributed by atoms with Gasteiger partial charge in [0.2, 0.25) is 0 Å². The van der Waals surface area contributed by atoms with Crippen LogP contribution in [0, 0.1) is 16.7 Å². The van der Waals surface area contributed by atoms with Crippen molar-refractivity contribution < 1.29 is 14.7 Å². The maximum Gasteiger partial charge on any atom is 0.317 e. The first-order chi connectivity index (χ1) is 9.56. The minimum absolute atomic E-state index is 0.0431. The van der Waals surface area contributed by atoms with E-state index in [9.17, 15) is 9.59 Å². The Bertz CT molecular complexity index is 394. The molecule has 0 saturated heterocycles. The Hall–Kier alpha value is -1.77. The quantitative estimate of drug-likeness (QED) is 0.755. The van der Waals surface area contributed by atoms with Crippen LogP contribution in [-0.2, 0) is 4.79 Å². The number of rotatable bonds is 7. The summed E-state index contributed by atoms with van der Waals surface area (Å²) in [5, 5.41) is 20.4. The predicted octanol–water partition coefficient (Wildman–Crippen LogP) is 2.60. The molecule has 6 nitrogen and oxygen atoms in total. The van der Waals surface area contributed by atoms with Crippen LogP contribution in [0.2, 0.25) is 0 Å². The number of nitrogens with zero attached hydrogens (tertiary/aromatic N) is 2. The Morgan fingerprint density at radius 2 is 1.90 bits per heavy atom. The molecule has 0 aromatic rings. The van der Waals surface area contributed by atoms with Gasteiger partial charge in [-0.2, -0.15) is 5.26 Å². The summed E-state index contributed by atoms with van der Waals surface area (Å²) in [5.41, 5.74) is -0.0806. The fourth-order valence-corrected chi connectivity index (χ4v) is 2.15. The third-order valence-electron chi connectivity index (χ3n) is 2.96. The van der Waals surface area contributed by atoms with Gasteiger partial charge in [-0.3, -0.25) is 4.79 Å². The van der Waals surface area contributed by atoms with Crippen molar-refractivity contribution in [1.29, 1.82) is 5.26 Å². The summed E-state index contributed by atoms with van der Waals surface area (Å²) in [4.78, 5) is 24.8. The zero-order valence-corrected chi connectivity index (χ0v) is 13.6. The minimum atomic E-state index is -0.933. The number of hydrogen-bond donors (Lipinski definition) is 2. The molecule has 6 heteroatoms. The summed E-state index contributed by atoms with van der Waals surface area (Å²) >= 11 is 0. The van der Waals surface area contributed by atoms with E-state index in [0.29, 0.717) is 13.0 Å². The second kappa shape index (κ2) is 8.50. The Kier molecular flexibility index (Phi) is 7.79. The number of nitriles is 1. The number of carbonyl (C=O) groups excluding carboxylic acids is 1. The van der Waals surface area contributed by atoms with Crippen molar-refractivity contribution in [2.75, 3.05) is 6.54 Å². The molecule has 0 bridgehead atoms. The summed E-state index contributed by atoms with van der Waals surface area (Å²) < 4.78 is 0. The van der Waals surface area contributed by atoms with Crippen molar-refractivity contribution in [2.45, 2.75) is 66.0 Å². The van der Waals surface area contributed by atoms with Gasteiger partial charge in [0.25, 0.3) is 0 Å². The zero-order chi connectivity index (χ0) is 16.6. The average Bonchev–Trinajstić information content (AvgIpc) is 2.25. The maximum atomic E-state index is 12.3. The molecule has 1 unspecified atom stereocenters. The molecule has 0 spiro atoms. The molecule has 0 radical (unpaired) electrons. The normalized spacial score (nSPS) is 12.6. The highest BCUT2D eigenvalue weighted by Gasteiger charge is 2.25. The molecule has 0 aliphatic heterocycles. The van der Waals surface area contributed by atoms with Gasteiger partial charge in [-0.05, 0) is 25.7 Å². The molecular weight excluding hydrogens is 270 g/mol. The van der Waals surface area contributed by atoms with Crippen LogP contribution in [0.4, 0.5) is 4.79 Å². The van der Waals surface area contributed by atoms with Gasteiger partial charge in [-0.1, -0.05) is 20.8 Å². The van der Waals surface area contributed by atoms with Crippen molar-refractivity contribution in [3.63, 3.8) is 0 Å². The molecule has 2 amide bonds. The van der Waals surface area contributed by atoms with E-state index in [-0.39, 0.29) is 30.3 Å². The van der Waals surface area contributed by atoms with Gasteiger partial charge in [0.05, 0.1) is 18.9 Å². The first kappa shape index (κ1) is 19.2. The topological polar surface area (TPSA) is 93.4 Å². The Morgan fingerprint density at radius 3 is 2.29 bits per heavy atom. The summed E-state index contributed by atoms with van der Waals surface area (Å²) in [7, 11) is 0. The van der Waals surface area contributed by atoms with Gasteiger partial charge in [0.1, 0.15) is 0 Å². The smallest absolute Gasteiger partial charge is 0.317 e. The van der Waals surface area contributed by atoms with E-state index < -0.39 is 12.0 Å². The van der Waals surface area contributed by atoms with E-state index >= 15 is 0 Å². The second-order valence-corrected chi connectivity index (χ2v) is 6.70. The largest absolute Gasteiger partial charge is 0.481 e. The Balaban J connectivity index is 4.83. The third kappa shape index (κ3) is 8.90. The van der Waals surface area contributed by atoms with Gasteiger partial charge < -0.3 is 15.3 Å². The van der Waals surface area contributed by atoms with Crippen molar-refractivity contribution >= 4 is 12.0 Å². The number of carbonyl (C=O) groups is 2. The molecule has 0 rings (SSSR count). The van der Waals surface area contributed by atoms with Crippen LogP contribution in [0.5, 0.6) is 0 Å². The highest BCUT2D eigenvalue weighted by atomic mass is 16.4. The number of aliphatic carboxylic acids is 1. The van der Waals surface area contributed by atoms with Crippen LogP contribution in [-0.4, -0.2) is 40.6 Å². The molecule has 21 heavy (non-hydrogen) atoms. The van der Waals surface area contributed by atoms with E-state index in [4.69, 9.17) is 10.4 Å². The van der Waals surface area contributed by atoms with E-state index in [1.165, 1.54) is 0 Å². The average molecular weight is 297 g/mol. The molecule has 0 saturated carbocycles. The van der Waals surface area contributed by atoms with Crippen molar-refractivity contribution in [3.05, 3.63) is 0 Å². The van der Waals surface area contributed by atoms with Crippen molar-refractivity contribution in [3.8, 4) is 6.07 Å². The van der Waals surface area contributed by atoms with E-state index in [1.54, 1.807) is 4.90 Å². The number of hydrogen-bond acceptors (Lipinski definition) is 3. The lowest BCUT2D eigenvalue weighted by Gasteiger charge is -2.31. The second-order valence-electron chi connectivity index (χ2n) is 6.70. The maximum absolute atomic E-state index is 12.3. The van der Waals surface area contributed by atoms with E-state index in [1.807, 2.05) is 40.7 Å². The molecule has 0 aliphatic carbocycles. The van der Waals surface area contributed by atoms with Gasteiger partial charge in [-0.25, -0.2) is 4.79 Å². The number of urea groups is 1. The molecule has 0 fully saturated rings. The molecule has 0 heterocycles. The van der Waals surface area contributed by atoms with Crippen LogP contribution in [0.25, 0.3) is 0 Å². The minimum Gasteiger partial charge on any atom is -0.481 e. The van der Waals surface area contributed by atoms with Crippen LogP contribution < -0.4 is 5.32 Å². The van der Waals surface area contributed by atoms with Crippen molar-refractivity contribution in [2.24, 2.45) is 5.41 Å². The lowest BCUT2D eigenvalue weighted by molar-refractivity contribution is -0.137. The summed E-state index contributed by atoms with van der Waals surface area (Å²) in [6.45, 7) is 10.1. The molecule has 0 aromatic heterocycles. The number of nitrogens with one attached hydrogen (secondary N) is 1. The molecule has 0 aliphatic rings. The predicted molar refractivity (Wildman–Crippen MR) is 80.7 cm³/mol. The summed E-state index contributed by atoms with van der Waals surface area (Å²) in [5.74, 6) is -0.933. The van der Waals surface area contributed by atoms with Gasteiger partial charge >= 0.3 is 12.0 Å². The molecule has 2 N–H and O–H groups in total. The number of amides is 2. The lowest BCUT2D eigenvalue weighted by atomic mass is 9.87. The lowest BCUT2D eigenvalue weighted by Crippen LogP contribution is -2.49. The monoisotopic (exact) mass is 297 g/mol. The third-order valence-corrected chi connectivity index (χ3v) is 2.96. The SMILES string of the molecule is CC(C)N(CCC#N)C(=O)NC(CC(=O)O)CC(C)(C)C. The van der Waals surface area contributed by atoms with Gasteiger partial charge in [0.15, 0.2) is 0 Å². The van der Waals surface area contributed by atoms with E-state index in [2.05, 4.69) is 5.32 Å². The Labute approximate surface area is 127 Å². The van der Waals surface area contributed by atoms with Crippen LogP contribution in [0.15, 0.2) is 0 Å². The molecule has 120 valence electrons. The standard InChI is InChI=1S/C15H27N3O3/c1-11(2)18(8-6-7-16)14(21)17-12(9-13(19)20)10-15(3,4)5/h11-12H,6,8-10H2,1-5H3,(H,17,21)(H,19,20). The first-order valence-corrected chi connectivity index (χ1v) is 7.22. The number of carboxylic acid groups (broad SMARTS) is 1. The first-order valence-electron chi connectivity index (χ1n) is 7.22. The van der Waals surface area contributed by atoms with E-state index in [0.717, 1.165) is 0 Å². The van der Waals surface area contributed by atoms with Gasteiger partial charge in [-0.15, -0.1) is 0 Å². The van der Waals surface area contributed by atoms with Crippen molar-refractivity contribution in [1.82, 2.24) is 10.2 Å². The van der Waals surface area contributed by atoms with Crippen LogP contribution in [0.3, 0.4) is 0 Å². The Morgan fingerprint density at radius 1 is 1.33 bits per heavy atom. The highest BCUT2D eigenvalue weighted by Crippen LogP contribution is 2.22. The molecular formula is C15H27N3O3. The summed E-state index contributed by atoms with van der Waals surface area (Å²) in [6, 6.07) is 1.25. The molecule has 0 aromatic carbocycles. The fourth-order valence-electron chi connectivity index (χ4n) is 2.15. The number of carboxylic acids is 1. The molecule has 1 atom stereocenters. The zero-order valence-electron chi connectivity index (χ0n) is 13.6. The van der Waals surface area contributed by atoms with Gasteiger partial charge in [0, 0.05) is 18.6 Å². The fraction of sp³-hybridized carbons (Fsp3) is 0.800. The van der Waals surface area contributed by atoms with Crippen LogP contribution in [0.1, 0.15) is 53.9 Å². The highest BCUT2D eigenvalue weighted by molar-refractivity contribution is 5.76. The summed E-state index contributed by atoms with van der Waals surface area (Å²) in [6.07, 6.45) is 0.733. The van der Waals surface area contributed by atoms with Crippen LogP contribution >= 0.6 is 0 Å².